The van der Waals surface area contributed by atoms with Crippen LogP contribution in [-0.2, 0) is 0 Å². The van der Waals surface area contributed by atoms with Crippen LogP contribution in [0.3, 0.4) is 0 Å². The van der Waals surface area contributed by atoms with Gasteiger partial charge in [-0.3, -0.25) is 13.7 Å². The monoisotopic (exact) mass is 1760 g/mol. The van der Waals surface area contributed by atoms with E-state index in [0.717, 1.165) is 177 Å². The van der Waals surface area contributed by atoms with Crippen LogP contribution >= 0.6 is 0 Å². The zero-order chi connectivity index (χ0) is 90.6. The van der Waals surface area contributed by atoms with Gasteiger partial charge in [0.25, 0.3) is 0 Å². The molecule has 14 heteroatoms. The summed E-state index contributed by atoms with van der Waals surface area (Å²) in [5.41, 5.74) is 26.1. The highest BCUT2D eigenvalue weighted by atomic mass is 16.3. The van der Waals surface area contributed by atoms with Crippen molar-refractivity contribution in [3.05, 3.63) is 443 Å². The molecule has 0 spiro atoms. The summed E-state index contributed by atoms with van der Waals surface area (Å²) in [5.74, 6) is 4.37. The Bertz CT molecular complexity index is 9860. The van der Waals surface area contributed by atoms with Crippen molar-refractivity contribution in [3.8, 4) is 119 Å². The normalized spacial score (nSPS) is 11.9. The van der Waals surface area contributed by atoms with E-state index < -0.39 is 0 Å². The molecular formula is C124H73N11O3. The number of fused-ring (bicyclic) bond motifs is 9. The van der Waals surface area contributed by atoms with E-state index in [2.05, 4.69) is 287 Å². The molecule has 138 heavy (non-hydrogen) atoms. The van der Waals surface area contributed by atoms with Crippen molar-refractivity contribution in [3.63, 3.8) is 0 Å². The fourth-order valence-corrected chi connectivity index (χ4v) is 20.9. The summed E-state index contributed by atoms with van der Waals surface area (Å²) < 4.78 is 25.4. The van der Waals surface area contributed by atoms with Gasteiger partial charge in [0, 0.05) is 104 Å². The molecule has 0 saturated heterocycles. The van der Waals surface area contributed by atoms with Gasteiger partial charge in [-0.15, -0.1) is 0 Å². The molecule has 0 unspecified atom stereocenters. The smallest absolute Gasteiger partial charge is 0.238 e. The first-order valence-electron chi connectivity index (χ1n) is 46.2. The number of nitrogens with zero attached hydrogens (tertiary/aromatic N) is 11. The molecule has 0 aliphatic carbocycles. The Balaban J connectivity index is 0.000000102. The number of aromatic nitrogens is 11. The lowest BCUT2D eigenvalue weighted by molar-refractivity contribution is 0.668. The molecule has 0 amide bonds. The molecule has 0 atom stereocenters. The molecule has 0 bridgehead atoms. The van der Waals surface area contributed by atoms with Crippen LogP contribution in [0.1, 0.15) is 0 Å². The molecule has 0 aliphatic rings. The third-order valence-electron chi connectivity index (χ3n) is 27.2. The molecule has 30 aromatic rings. The van der Waals surface area contributed by atoms with Gasteiger partial charge in [-0.2, -0.15) is 19.9 Å². The van der Waals surface area contributed by atoms with Crippen molar-refractivity contribution in [1.29, 1.82) is 0 Å². The minimum absolute atomic E-state index is 0.580. The molecular weight excluding hydrogens is 1690 g/mol. The third kappa shape index (κ3) is 12.7. The number of benzene rings is 21. The first-order chi connectivity index (χ1) is 68.4. The lowest BCUT2D eigenvalue weighted by Crippen LogP contribution is -2.06. The molecule has 0 radical (unpaired) electrons. The fraction of sp³-hybridized carbons (Fsp3) is 0. The summed E-state index contributed by atoms with van der Waals surface area (Å²) in [4.78, 5) is 40.8. The Morgan fingerprint density at radius 2 is 0.507 bits per heavy atom. The average Bonchev–Trinajstić information content (AvgIpc) is 1.55. The van der Waals surface area contributed by atoms with Crippen LogP contribution in [-0.4, -0.2) is 53.6 Å². The second-order valence-corrected chi connectivity index (χ2v) is 35.2. The lowest BCUT2D eigenvalue weighted by Gasteiger charge is -2.12. The van der Waals surface area contributed by atoms with E-state index >= 15 is 0 Å². The molecule has 0 saturated carbocycles. The van der Waals surface area contributed by atoms with Crippen LogP contribution in [0.5, 0.6) is 0 Å². The van der Waals surface area contributed by atoms with Gasteiger partial charge in [0.1, 0.15) is 33.5 Å². The summed E-state index contributed by atoms with van der Waals surface area (Å²) >= 11 is 0. The van der Waals surface area contributed by atoms with Crippen molar-refractivity contribution in [2.45, 2.75) is 0 Å². The molecule has 0 aliphatic heterocycles. The second kappa shape index (κ2) is 31.4. The van der Waals surface area contributed by atoms with Gasteiger partial charge >= 0.3 is 0 Å². The number of para-hydroxylation sites is 4. The van der Waals surface area contributed by atoms with Gasteiger partial charge in [0.15, 0.2) is 23.3 Å². The predicted molar refractivity (Wildman–Crippen MR) is 562 cm³/mol. The van der Waals surface area contributed by atoms with Gasteiger partial charge in [-0.25, -0.2) is 19.9 Å². The number of rotatable bonds is 12. The largest absolute Gasteiger partial charge is 0.456 e. The highest BCUT2D eigenvalue weighted by Gasteiger charge is 2.28. The fourth-order valence-electron chi connectivity index (χ4n) is 20.9. The van der Waals surface area contributed by atoms with Gasteiger partial charge in [-0.05, 0) is 157 Å². The molecule has 14 nitrogen and oxygen atoms in total. The molecule has 9 heterocycles. The van der Waals surface area contributed by atoms with Crippen molar-refractivity contribution in [1.82, 2.24) is 53.6 Å². The SMILES string of the molecule is c1ccc(-c2cc(-c3ccccc3)nc(-n3c4cccc5ccc6cc(-c7ccc8oc9ccccc9c8c7)cc3c6c54)n2)cc1.c1ccc(-c2nc(-c3ccccc3)nc(-n3c4cccc5ccc6c(-c7ccc8oc9ccccc9c8c7)ccc3c6c54)n2)cc1.c1ccc(-c2nc(-c3ccccc3)nc(-n3c4cccc5ccc6cc(-c7cccc8c7oc7ccccc78)cc3c6c54)n2)cc1. The zero-order valence-electron chi connectivity index (χ0n) is 73.8. The van der Waals surface area contributed by atoms with Crippen LogP contribution in [0.2, 0.25) is 0 Å². The minimum atomic E-state index is 0.580. The van der Waals surface area contributed by atoms with Gasteiger partial charge < -0.3 is 13.3 Å². The van der Waals surface area contributed by atoms with E-state index in [1.807, 2.05) is 170 Å². The van der Waals surface area contributed by atoms with Crippen LogP contribution < -0.4 is 0 Å². The minimum Gasteiger partial charge on any atom is -0.456 e. The van der Waals surface area contributed by atoms with Gasteiger partial charge in [-0.1, -0.05) is 346 Å². The maximum atomic E-state index is 6.48. The molecule has 0 N–H and O–H groups in total. The Morgan fingerprint density at radius 3 is 0.993 bits per heavy atom. The van der Waals surface area contributed by atoms with Crippen LogP contribution in [0.4, 0.5) is 0 Å². The van der Waals surface area contributed by atoms with Crippen molar-refractivity contribution in [2.75, 3.05) is 0 Å². The first-order valence-corrected chi connectivity index (χ1v) is 46.2. The molecule has 21 aromatic carbocycles. The Labute approximate surface area is 787 Å². The highest BCUT2D eigenvalue weighted by Crippen LogP contribution is 2.49. The number of hydrogen-bond donors (Lipinski definition) is 0. The van der Waals surface area contributed by atoms with E-state index in [9.17, 15) is 0 Å². The highest BCUT2D eigenvalue weighted by molar-refractivity contribution is 6.29. The lowest BCUT2D eigenvalue weighted by atomic mass is 9.94. The van der Waals surface area contributed by atoms with Crippen molar-refractivity contribution >= 4 is 164 Å². The predicted octanol–water partition coefficient (Wildman–Crippen LogP) is 32.0. The van der Waals surface area contributed by atoms with Gasteiger partial charge in [0.2, 0.25) is 17.8 Å². The first kappa shape index (κ1) is 77.8. The molecule has 9 aromatic heterocycles. The standard InChI is InChI=1S/C42H25N3O.2C41H24N4O/c1-3-10-26(11-4-1)34-25-35(27-12-5-2-6-13-27)44-42(43-34)45-36-16-9-14-28-18-19-30-22-31(24-37(45)41(30)40(28)36)29-20-21-39-33(23-29)32-15-7-8-17-38(32)46-39;1-3-11-26(12-4-1)39-42-40(27-13-5-2-6-14-27)44-41(43-39)45-33-19-9-15-25-21-22-28-23-29(24-34(45)37(28)36(25)33)30-17-10-18-32-31-16-7-8-20-35(31)46-38(30)32;1-3-10-26(11-4-1)39-42-40(27-12-5-2-6-13-27)44-41(43-39)45-33-16-9-14-25-18-20-31-29(21-22-34(45)38(31)37(25)33)28-19-23-36-32(24-28)30-15-7-8-17-35(30)46-36/h1-25H;2*1-24H. The summed E-state index contributed by atoms with van der Waals surface area (Å²) in [6.45, 7) is 0. The van der Waals surface area contributed by atoms with E-state index in [0.29, 0.717) is 41.1 Å². The van der Waals surface area contributed by atoms with E-state index in [4.69, 9.17) is 53.1 Å². The van der Waals surface area contributed by atoms with E-state index in [1.54, 1.807) is 0 Å². The van der Waals surface area contributed by atoms with Crippen molar-refractivity contribution in [2.24, 2.45) is 0 Å². The second-order valence-electron chi connectivity index (χ2n) is 35.2. The summed E-state index contributed by atoms with van der Waals surface area (Å²) in [6.07, 6.45) is 0. The molecule has 0 fully saturated rings. The zero-order valence-corrected chi connectivity index (χ0v) is 73.8. The number of hydrogen-bond acceptors (Lipinski definition) is 11. The van der Waals surface area contributed by atoms with E-state index in [1.165, 1.54) is 64.8 Å². The van der Waals surface area contributed by atoms with Crippen LogP contribution in [0.15, 0.2) is 456 Å². The van der Waals surface area contributed by atoms with Crippen LogP contribution in [0.25, 0.3) is 283 Å². The maximum absolute atomic E-state index is 6.48. The quantitative estimate of drug-likeness (QED) is 0.107. The molecule has 30 rings (SSSR count). The Kier molecular flexibility index (Phi) is 17.7. The van der Waals surface area contributed by atoms with E-state index in [-0.39, 0.29) is 0 Å². The third-order valence-corrected chi connectivity index (χ3v) is 27.2. The van der Waals surface area contributed by atoms with Crippen LogP contribution in [0, 0.1) is 0 Å². The van der Waals surface area contributed by atoms with Crippen molar-refractivity contribution < 1.29 is 13.3 Å². The average molecular weight is 1770 g/mol. The summed E-state index contributed by atoms with van der Waals surface area (Å²) in [6, 6.07) is 154. The number of furan rings is 3. The van der Waals surface area contributed by atoms with Gasteiger partial charge in [0.05, 0.1) is 44.5 Å². The Morgan fingerprint density at radius 1 is 0.159 bits per heavy atom. The maximum Gasteiger partial charge on any atom is 0.238 e. The topological polar surface area (TPSA) is 157 Å². The summed E-state index contributed by atoms with van der Waals surface area (Å²) in [7, 11) is 0. The summed E-state index contributed by atoms with van der Waals surface area (Å²) in [5, 5.41) is 21.1. The molecule has 642 valence electrons. The Hall–Kier alpha value is -18.9.